The Kier molecular flexibility index (Phi) is 11.8. The number of nitrogens with one attached hydrogen (secondary N) is 3. The molecular formula is C15H31IN4O. The van der Waals surface area contributed by atoms with Crippen LogP contribution in [-0.4, -0.2) is 37.5 Å². The van der Waals surface area contributed by atoms with Gasteiger partial charge in [0, 0.05) is 19.1 Å². The largest absolute Gasteiger partial charge is 0.357 e. The normalized spacial score (nSPS) is 14.6. The zero-order valence-electron chi connectivity index (χ0n) is 13.6. The van der Waals surface area contributed by atoms with Crippen LogP contribution < -0.4 is 16.0 Å². The van der Waals surface area contributed by atoms with Crippen molar-refractivity contribution in [2.45, 2.75) is 58.9 Å². The zero-order chi connectivity index (χ0) is 14.8. The summed E-state index contributed by atoms with van der Waals surface area (Å²) in [4.78, 5) is 15.9. The van der Waals surface area contributed by atoms with E-state index < -0.39 is 0 Å². The monoisotopic (exact) mass is 410 g/mol. The molecule has 0 unspecified atom stereocenters. The molecule has 0 saturated heterocycles. The third-order valence-electron chi connectivity index (χ3n) is 3.17. The van der Waals surface area contributed by atoms with E-state index in [4.69, 9.17) is 0 Å². The molecule has 1 amide bonds. The van der Waals surface area contributed by atoms with Crippen LogP contribution in [0.3, 0.4) is 0 Å². The summed E-state index contributed by atoms with van der Waals surface area (Å²) in [6.07, 6.45) is 5.86. The summed E-state index contributed by atoms with van der Waals surface area (Å²) in [5.74, 6) is 1.52. The second-order valence-electron chi connectivity index (χ2n) is 5.85. The summed E-state index contributed by atoms with van der Waals surface area (Å²) >= 11 is 0. The van der Waals surface area contributed by atoms with E-state index >= 15 is 0 Å². The van der Waals surface area contributed by atoms with Gasteiger partial charge in [-0.05, 0) is 32.1 Å². The van der Waals surface area contributed by atoms with Crippen LogP contribution in [0.4, 0.5) is 0 Å². The number of hydrogen-bond donors (Lipinski definition) is 3. The van der Waals surface area contributed by atoms with Crippen molar-refractivity contribution in [2.24, 2.45) is 10.9 Å². The molecule has 0 aromatic rings. The van der Waals surface area contributed by atoms with Gasteiger partial charge in [0.15, 0.2) is 5.96 Å². The first-order valence-electron chi connectivity index (χ1n) is 7.93. The molecule has 0 radical (unpaired) electrons. The molecule has 0 spiro atoms. The van der Waals surface area contributed by atoms with Crippen LogP contribution in [0.5, 0.6) is 0 Å². The Balaban J connectivity index is 0.00000400. The Morgan fingerprint density at radius 3 is 2.52 bits per heavy atom. The SMILES string of the molecule is CCNC(=NCC(=O)NC1CC1)NCCCCC(C)C.I. The maximum atomic E-state index is 11.6. The Bertz CT molecular complexity index is 317. The third-order valence-corrected chi connectivity index (χ3v) is 3.17. The van der Waals surface area contributed by atoms with Gasteiger partial charge in [0.2, 0.25) is 5.91 Å². The van der Waals surface area contributed by atoms with Gasteiger partial charge in [-0.2, -0.15) is 0 Å². The highest BCUT2D eigenvalue weighted by atomic mass is 127. The van der Waals surface area contributed by atoms with E-state index in [9.17, 15) is 4.79 Å². The molecule has 21 heavy (non-hydrogen) atoms. The van der Waals surface area contributed by atoms with Crippen molar-refractivity contribution in [2.75, 3.05) is 19.6 Å². The van der Waals surface area contributed by atoms with Gasteiger partial charge in [0.05, 0.1) is 0 Å². The van der Waals surface area contributed by atoms with E-state index in [1.165, 1.54) is 12.8 Å². The van der Waals surface area contributed by atoms with Gasteiger partial charge in [-0.25, -0.2) is 4.99 Å². The van der Waals surface area contributed by atoms with Gasteiger partial charge in [-0.3, -0.25) is 4.79 Å². The smallest absolute Gasteiger partial charge is 0.242 e. The second-order valence-corrected chi connectivity index (χ2v) is 5.85. The molecule has 0 aromatic heterocycles. The molecule has 0 bridgehead atoms. The predicted molar refractivity (Wildman–Crippen MR) is 99.3 cm³/mol. The van der Waals surface area contributed by atoms with Crippen LogP contribution in [0.15, 0.2) is 4.99 Å². The second kappa shape index (κ2) is 12.1. The molecule has 0 aliphatic heterocycles. The topological polar surface area (TPSA) is 65.5 Å². The molecule has 0 heterocycles. The van der Waals surface area contributed by atoms with Crippen molar-refractivity contribution < 1.29 is 4.79 Å². The summed E-state index contributed by atoms with van der Waals surface area (Å²) in [6, 6.07) is 0.407. The lowest BCUT2D eigenvalue weighted by Gasteiger charge is -2.11. The number of carbonyl (C=O) groups excluding carboxylic acids is 1. The fourth-order valence-electron chi connectivity index (χ4n) is 1.88. The van der Waals surface area contributed by atoms with Crippen LogP contribution >= 0.6 is 24.0 Å². The molecule has 1 aliphatic carbocycles. The summed E-state index contributed by atoms with van der Waals surface area (Å²) in [7, 11) is 0. The van der Waals surface area contributed by atoms with Crippen LogP contribution in [0.1, 0.15) is 52.9 Å². The molecule has 1 aliphatic rings. The Labute approximate surface area is 146 Å². The van der Waals surface area contributed by atoms with Gasteiger partial charge in [0.25, 0.3) is 0 Å². The lowest BCUT2D eigenvalue weighted by atomic mass is 10.1. The summed E-state index contributed by atoms with van der Waals surface area (Å²) < 4.78 is 0. The molecule has 6 heteroatoms. The van der Waals surface area contributed by atoms with Gasteiger partial charge in [0.1, 0.15) is 6.54 Å². The molecular weight excluding hydrogens is 379 g/mol. The maximum absolute atomic E-state index is 11.6. The third kappa shape index (κ3) is 11.8. The average Bonchev–Trinajstić information content (AvgIpc) is 3.19. The average molecular weight is 410 g/mol. The minimum absolute atomic E-state index is 0. The Morgan fingerprint density at radius 2 is 1.95 bits per heavy atom. The van der Waals surface area contributed by atoms with Crippen molar-refractivity contribution in [1.29, 1.82) is 0 Å². The lowest BCUT2D eigenvalue weighted by Crippen LogP contribution is -2.39. The number of guanidine groups is 1. The quantitative estimate of drug-likeness (QED) is 0.237. The molecule has 5 nitrogen and oxygen atoms in total. The number of hydrogen-bond acceptors (Lipinski definition) is 2. The summed E-state index contributed by atoms with van der Waals surface area (Å²) in [5.41, 5.74) is 0. The molecule has 3 N–H and O–H groups in total. The van der Waals surface area contributed by atoms with Crippen LogP contribution in [-0.2, 0) is 4.79 Å². The number of halogens is 1. The van der Waals surface area contributed by atoms with Crippen LogP contribution in [0.2, 0.25) is 0 Å². The highest BCUT2D eigenvalue weighted by Crippen LogP contribution is 2.18. The Hall–Kier alpha value is -0.530. The molecule has 0 atom stereocenters. The fourth-order valence-corrected chi connectivity index (χ4v) is 1.88. The van der Waals surface area contributed by atoms with Gasteiger partial charge in [-0.15, -0.1) is 24.0 Å². The van der Waals surface area contributed by atoms with Gasteiger partial charge >= 0.3 is 0 Å². The van der Waals surface area contributed by atoms with E-state index in [0.717, 1.165) is 44.2 Å². The Morgan fingerprint density at radius 1 is 1.24 bits per heavy atom. The first-order chi connectivity index (χ1) is 9.61. The maximum Gasteiger partial charge on any atom is 0.242 e. The van der Waals surface area contributed by atoms with Crippen LogP contribution in [0, 0.1) is 5.92 Å². The van der Waals surface area contributed by atoms with Crippen molar-refractivity contribution >= 4 is 35.8 Å². The van der Waals surface area contributed by atoms with Gasteiger partial charge in [-0.1, -0.05) is 26.7 Å². The first kappa shape index (κ1) is 20.5. The summed E-state index contributed by atoms with van der Waals surface area (Å²) in [5, 5.41) is 9.38. The van der Waals surface area contributed by atoms with Crippen molar-refractivity contribution in [3.8, 4) is 0 Å². The molecule has 1 fully saturated rings. The van der Waals surface area contributed by atoms with Crippen LogP contribution in [0.25, 0.3) is 0 Å². The lowest BCUT2D eigenvalue weighted by molar-refractivity contribution is -0.119. The summed E-state index contributed by atoms with van der Waals surface area (Å²) in [6.45, 7) is 8.44. The first-order valence-corrected chi connectivity index (χ1v) is 7.93. The van der Waals surface area contributed by atoms with E-state index in [-0.39, 0.29) is 36.4 Å². The number of rotatable bonds is 9. The number of nitrogens with zero attached hydrogens (tertiary/aromatic N) is 1. The number of carbonyl (C=O) groups is 1. The van der Waals surface area contributed by atoms with E-state index in [1.54, 1.807) is 0 Å². The minimum atomic E-state index is 0. The van der Waals surface area contributed by atoms with E-state index in [0.29, 0.717) is 6.04 Å². The highest BCUT2D eigenvalue weighted by molar-refractivity contribution is 14.0. The number of amides is 1. The molecule has 1 saturated carbocycles. The molecule has 1 rings (SSSR count). The fraction of sp³-hybridized carbons (Fsp3) is 0.867. The van der Waals surface area contributed by atoms with Crippen molar-refractivity contribution in [3.63, 3.8) is 0 Å². The van der Waals surface area contributed by atoms with E-state index in [2.05, 4.69) is 34.8 Å². The van der Waals surface area contributed by atoms with Crippen molar-refractivity contribution in [1.82, 2.24) is 16.0 Å². The highest BCUT2D eigenvalue weighted by Gasteiger charge is 2.22. The predicted octanol–water partition coefficient (Wildman–Crippen LogP) is 2.26. The van der Waals surface area contributed by atoms with Crippen molar-refractivity contribution in [3.05, 3.63) is 0 Å². The van der Waals surface area contributed by atoms with Gasteiger partial charge < -0.3 is 16.0 Å². The zero-order valence-corrected chi connectivity index (χ0v) is 15.9. The molecule has 124 valence electrons. The minimum Gasteiger partial charge on any atom is -0.357 e. The standard InChI is InChI=1S/C15H30N4O.HI/c1-4-16-15(17-10-6-5-7-12(2)3)18-11-14(20)19-13-8-9-13;/h12-13H,4-11H2,1-3H3,(H,19,20)(H2,16,17,18);1H. The number of unbranched alkanes of at least 4 members (excludes halogenated alkanes) is 1. The number of aliphatic imine (C=N–C) groups is 1. The van der Waals surface area contributed by atoms with E-state index in [1.807, 2.05) is 6.92 Å². The molecule has 0 aromatic carbocycles.